The van der Waals surface area contributed by atoms with Crippen LogP contribution in [0.15, 0.2) is 4.52 Å². The number of hydrogen-bond acceptors (Lipinski definition) is 4. The highest BCUT2D eigenvalue weighted by molar-refractivity contribution is 5.04. The first-order chi connectivity index (χ1) is 9.28. The van der Waals surface area contributed by atoms with Crippen molar-refractivity contribution >= 4 is 0 Å². The summed E-state index contributed by atoms with van der Waals surface area (Å²) >= 11 is 0. The van der Waals surface area contributed by atoms with Crippen molar-refractivity contribution in [2.24, 2.45) is 17.6 Å². The quantitative estimate of drug-likeness (QED) is 0.909. The second kappa shape index (κ2) is 5.61. The van der Waals surface area contributed by atoms with Crippen molar-refractivity contribution < 1.29 is 4.52 Å². The van der Waals surface area contributed by atoms with Gasteiger partial charge in [-0.1, -0.05) is 24.9 Å². The summed E-state index contributed by atoms with van der Waals surface area (Å²) in [6.07, 6.45) is 8.64. The Balaban J connectivity index is 1.73. The van der Waals surface area contributed by atoms with Gasteiger partial charge in [-0.2, -0.15) is 4.98 Å². The van der Waals surface area contributed by atoms with E-state index in [0.717, 1.165) is 30.6 Å². The Morgan fingerprint density at radius 1 is 1.21 bits per heavy atom. The van der Waals surface area contributed by atoms with Crippen LogP contribution in [0.5, 0.6) is 0 Å². The van der Waals surface area contributed by atoms with E-state index in [4.69, 9.17) is 15.2 Å². The summed E-state index contributed by atoms with van der Waals surface area (Å²) in [6, 6.07) is 0. The highest BCUT2D eigenvalue weighted by Crippen LogP contribution is 2.39. The van der Waals surface area contributed by atoms with Crippen molar-refractivity contribution in [2.45, 2.75) is 63.7 Å². The molecule has 1 aromatic rings. The van der Waals surface area contributed by atoms with E-state index >= 15 is 0 Å². The van der Waals surface area contributed by atoms with Crippen molar-refractivity contribution in [2.75, 3.05) is 6.54 Å². The molecule has 2 N–H and O–H groups in total. The van der Waals surface area contributed by atoms with Crippen LogP contribution in [0.4, 0.5) is 0 Å². The van der Waals surface area contributed by atoms with Gasteiger partial charge in [0, 0.05) is 11.8 Å². The predicted molar refractivity (Wildman–Crippen MR) is 73.8 cm³/mol. The summed E-state index contributed by atoms with van der Waals surface area (Å²) in [5.41, 5.74) is 5.89. The van der Waals surface area contributed by atoms with Gasteiger partial charge in [-0.25, -0.2) is 0 Å². The van der Waals surface area contributed by atoms with Gasteiger partial charge in [-0.3, -0.25) is 0 Å². The van der Waals surface area contributed by atoms with E-state index in [1.54, 1.807) is 0 Å². The van der Waals surface area contributed by atoms with E-state index in [1.807, 2.05) is 0 Å². The predicted octanol–water partition coefficient (Wildman–Crippen LogP) is 3.21. The van der Waals surface area contributed by atoms with Crippen LogP contribution in [-0.2, 0) is 0 Å². The topological polar surface area (TPSA) is 64.9 Å². The monoisotopic (exact) mass is 263 g/mol. The number of nitrogens with zero attached hydrogens (tertiary/aromatic N) is 2. The van der Waals surface area contributed by atoms with E-state index in [0.29, 0.717) is 17.8 Å². The fourth-order valence-electron chi connectivity index (χ4n) is 3.82. The molecule has 2 aliphatic rings. The second-order valence-corrected chi connectivity index (χ2v) is 6.49. The van der Waals surface area contributed by atoms with E-state index in [9.17, 15) is 0 Å². The largest absolute Gasteiger partial charge is 0.339 e. The Bertz CT molecular complexity index is 417. The molecule has 106 valence electrons. The zero-order valence-electron chi connectivity index (χ0n) is 11.8. The van der Waals surface area contributed by atoms with E-state index in [1.165, 1.54) is 38.5 Å². The molecule has 2 fully saturated rings. The summed E-state index contributed by atoms with van der Waals surface area (Å²) in [6.45, 7) is 3.05. The van der Waals surface area contributed by atoms with Crippen LogP contribution >= 0.6 is 0 Å². The van der Waals surface area contributed by atoms with Gasteiger partial charge < -0.3 is 10.3 Å². The van der Waals surface area contributed by atoms with Crippen molar-refractivity contribution in [3.8, 4) is 0 Å². The normalized spacial score (nSPS) is 35.7. The lowest BCUT2D eigenvalue weighted by molar-refractivity contribution is 0.248. The van der Waals surface area contributed by atoms with Crippen LogP contribution in [0, 0.1) is 11.8 Å². The van der Waals surface area contributed by atoms with Crippen LogP contribution in [0.3, 0.4) is 0 Å². The average molecular weight is 263 g/mol. The van der Waals surface area contributed by atoms with Gasteiger partial charge in [0.2, 0.25) is 5.89 Å². The average Bonchev–Trinajstić information content (AvgIpc) is 3.07. The fraction of sp³-hybridized carbons (Fsp3) is 0.867. The molecular formula is C15H25N3O. The smallest absolute Gasteiger partial charge is 0.230 e. The third-order valence-electron chi connectivity index (χ3n) is 5.05. The molecule has 0 aliphatic heterocycles. The van der Waals surface area contributed by atoms with E-state index < -0.39 is 0 Å². The van der Waals surface area contributed by atoms with Crippen LogP contribution in [0.1, 0.15) is 75.4 Å². The Labute approximate surface area is 115 Å². The molecule has 19 heavy (non-hydrogen) atoms. The molecule has 0 bridgehead atoms. The molecule has 3 rings (SSSR count). The highest BCUT2D eigenvalue weighted by atomic mass is 16.5. The van der Waals surface area contributed by atoms with Crippen molar-refractivity contribution in [1.82, 2.24) is 10.1 Å². The second-order valence-electron chi connectivity index (χ2n) is 6.49. The molecule has 0 saturated heterocycles. The maximum absolute atomic E-state index is 5.89. The Morgan fingerprint density at radius 3 is 2.79 bits per heavy atom. The minimum Gasteiger partial charge on any atom is -0.339 e. The molecule has 0 amide bonds. The van der Waals surface area contributed by atoms with Crippen LogP contribution in [-0.4, -0.2) is 16.7 Å². The van der Waals surface area contributed by atoms with E-state index in [2.05, 4.69) is 12.1 Å². The van der Waals surface area contributed by atoms with Gasteiger partial charge in [0.15, 0.2) is 5.82 Å². The maximum Gasteiger partial charge on any atom is 0.230 e. The van der Waals surface area contributed by atoms with Gasteiger partial charge in [-0.15, -0.1) is 0 Å². The zero-order valence-corrected chi connectivity index (χ0v) is 11.8. The number of rotatable bonds is 3. The Hall–Kier alpha value is -0.900. The molecule has 2 saturated carbocycles. The number of nitrogens with two attached hydrogens (primary N) is 1. The molecule has 4 atom stereocenters. The maximum atomic E-state index is 5.89. The lowest BCUT2D eigenvalue weighted by Gasteiger charge is -2.27. The van der Waals surface area contributed by atoms with Crippen LogP contribution in [0.25, 0.3) is 0 Å². The molecule has 0 spiro atoms. The molecule has 2 aliphatic carbocycles. The first kappa shape index (κ1) is 13.1. The lowest BCUT2D eigenvalue weighted by Crippen LogP contribution is -2.25. The van der Waals surface area contributed by atoms with Gasteiger partial charge in [0.05, 0.1) is 0 Å². The Kier molecular flexibility index (Phi) is 3.87. The zero-order chi connectivity index (χ0) is 13.2. The lowest BCUT2D eigenvalue weighted by atomic mass is 9.79. The van der Waals surface area contributed by atoms with E-state index in [-0.39, 0.29) is 0 Å². The molecule has 1 heterocycles. The third kappa shape index (κ3) is 2.69. The third-order valence-corrected chi connectivity index (χ3v) is 5.05. The fourth-order valence-corrected chi connectivity index (χ4v) is 3.82. The summed E-state index contributed by atoms with van der Waals surface area (Å²) in [5.74, 6) is 4.06. The molecule has 1 aromatic heterocycles. The molecule has 4 unspecified atom stereocenters. The summed E-state index contributed by atoms with van der Waals surface area (Å²) < 4.78 is 5.57. The summed E-state index contributed by atoms with van der Waals surface area (Å²) in [7, 11) is 0. The van der Waals surface area contributed by atoms with Gasteiger partial charge in [-0.05, 0) is 50.5 Å². The number of hydrogen-bond donors (Lipinski definition) is 1. The van der Waals surface area contributed by atoms with Crippen LogP contribution < -0.4 is 5.73 Å². The van der Waals surface area contributed by atoms with Gasteiger partial charge >= 0.3 is 0 Å². The minimum atomic E-state index is 0.402. The molecule has 0 radical (unpaired) electrons. The summed E-state index contributed by atoms with van der Waals surface area (Å²) in [5, 5.41) is 4.25. The summed E-state index contributed by atoms with van der Waals surface area (Å²) in [4.78, 5) is 4.72. The molecule has 0 aromatic carbocycles. The first-order valence-corrected chi connectivity index (χ1v) is 7.81. The molecule has 4 heteroatoms. The number of aromatic nitrogens is 2. The van der Waals surface area contributed by atoms with Gasteiger partial charge in [0.1, 0.15) is 0 Å². The Morgan fingerprint density at radius 2 is 2.05 bits per heavy atom. The minimum absolute atomic E-state index is 0.402. The highest BCUT2D eigenvalue weighted by Gasteiger charge is 2.32. The van der Waals surface area contributed by atoms with Crippen molar-refractivity contribution in [1.29, 1.82) is 0 Å². The van der Waals surface area contributed by atoms with Crippen molar-refractivity contribution in [3.05, 3.63) is 11.7 Å². The SMILES string of the molecule is CC1CCC(c2noc(C3CCCCC3CN)n2)C1. The first-order valence-electron chi connectivity index (χ1n) is 7.81. The van der Waals surface area contributed by atoms with Gasteiger partial charge in [0.25, 0.3) is 0 Å². The molecule has 4 nitrogen and oxygen atoms in total. The van der Waals surface area contributed by atoms with Crippen molar-refractivity contribution in [3.63, 3.8) is 0 Å². The molecular weight excluding hydrogens is 238 g/mol. The van der Waals surface area contributed by atoms with Crippen LogP contribution in [0.2, 0.25) is 0 Å². The standard InChI is InChI=1S/C15H25N3O/c1-10-6-7-11(8-10)14-17-15(19-18-14)13-5-3-2-4-12(13)9-16/h10-13H,2-9,16H2,1H3.